The molecule has 32 heavy (non-hydrogen) atoms. The van der Waals surface area contributed by atoms with Crippen LogP contribution >= 0.6 is 0 Å². The molecule has 1 aliphatic rings. The predicted octanol–water partition coefficient (Wildman–Crippen LogP) is 5.08. The molecule has 3 rings (SSSR count). The van der Waals surface area contributed by atoms with E-state index in [2.05, 4.69) is 0 Å². The van der Waals surface area contributed by atoms with Gasteiger partial charge in [0, 0.05) is 17.4 Å². The van der Waals surface area contributed by atoms with E-state index in [1.165, 1.54) is 0 Å². The van der Waals surface area contributed by atoms with Crippen molar-refractivity contribution in [3.8, 4) is 11.5 Å². The summed E-state index contributed by atoms with van der Waals surface area (Å²) >= 11 is 0. The predicted molar refractivity (Wildman–Crippen MR) is 103 cm³/mol. The number of hydrogen-bond acceptors (Lipinski definition) is 4. The largest absolute Gasteiger partial charge is 0.493 e. The maximum Gasteiger partial charge on any atom is 0.417 e. The number of benzene rings is 2. The SMILES string of the molecule is COc1c([C@H]2[C@H](C(=O)O)O[C@@](C)(C(F)(F)F)[C@H]2C)cc(OCc2ccccc2)c(F)c1F. The van der Waals surface area contributed by atoms with Gasteiger partial charge < -0.3 is 19.3 Å². The molecule has 0 bridgehead atoms. The zero-order valence-corrected chi connectivity index (χ0v) is 17.4. The summed E-state index contributed by atoms with van der Waals surface area (Å²) in [7, 11) is 1.01. The van der Waals surface area contributed by atoms with Crippen LogP contribution in [0.5, 0.6) is 11.5 Å². The smallest absolute Gasteiger partial charge is 0.417 e. The average molecular weight is 460 g/mol. The van der Waals surface area contributed by atoms with E-state index in [9.17, 15) is 31.9 Å². The number of ether oxygens (including phenoxy) is 3. The molecule has 2 aromatic carbocycles. The molecule has 4 atom stereocenters. The van der Waals surface area contributed by atoms with Gasteiger partial charge in [-0.1, -0.05) is 37.3 Å². The van der Waals surface area contributed by atoms with Crippen molar-refractivity contribution in [3.63, 3.8) is 0 Å². The summed E-state index contributed by atoms with van der Waals surface area (Å²) in [6, 6.07) is 9.51. The molecular weight excluding hydrogens is 439 g/mol. The number of alkyl halides is 3. The lowest BCUT2D eigenvalue weighted by Crippen LogP contribution is -2.47. The minimum Gasteiger partial charge on any atom is -0.493 e. The normalized spacial score (nSPS) is 25.6. The van der Waals surface area contributed by atoms with Gasteiger partial charge in [0.2, 0.25) is 11.6 Å². The summed E-state index contributed by atoms with van der Waals surface area (Å²) in [5, 5.41) is 9.54. The first kappa shape index (κ1) is 23.8. The van der Waals surface area contributed by atoms with Crippen molar-refractivity contribution < 1.29 is 46.1 Å². The van der Waals surface area contributed by atoms with Gasteiger partial charge in [-0.05, 0) is 18.6 Å². The van der Waals surface area contributed by atoms with Crippen molar-refractivity contribution in [1.29, 1.82) is 0 Å². The fourth-order valence-electron chi connectivity index (χ4n) is 3.91. The number of halogens is 5. The Kier molecular flexibility index (Phi) is 6.37. The molecule has 2 aromatic rings. The van der Waals surface area contributed by atoms with Crippen molar-refractivity contribution in [1.82, 2.24) is 0 Å². The van der Waals surface area contributed by atoms with Gasteiger partial charge in [-0.25, -0.2) is 4.79 Å². The topological polar surface area (TPSA) is 65.0 Å². The van der Waals surface area contributed by atoms with E-state index in [4.69, 9.17) is 14.2 Å². The fourth-order valence-corrected chi connectivity index (χ4v) is 3.91. The molecule has 0 aromatic heterocycles. The Morgan fingerprint density at radius 3 is 2.34 bits per heavy atom. The van der Waals surface area contributed by atoms with Gasteiger partial charge in [0.25, 0.3) is 0 Å². The number of carbonyl (C=O) groups is 1. The van der Waals surface area contributed by atoms with Gasteiger partial charge in [0.1, 0.15) is 6.61 Å². The van der Waals surface area contributed by atoms with Crippen molar-refractivity contribution in [3.05, 3.63) is 59.2 Å². The van der Waals surface area contributed by atoms with Crippen molar-refractivity contribution in [2.24, 2.45) is 5.92 Å². The van der Waals surface area contributed by atoms with Gasteiger partial charge in [-0.2, -0.15) is 22.0 Å². The molecule has 0 radical (unpaired) electrons. The number of carboxylic acids is 1. The standard InChI is InChI=1S/C22H21F5O5/c1-11-15(19(20(28)29)32-21(11,2)22(25,26)27)13-9-14(16(23)17(24)18(13)30-3)31-10-12-7-5-4-6-8-12/h4-9,11,15,19H,10H2,1-3H3,(H,28,29)/t11-,15-,19+,21+/m0/s1. The molecule has 1 saturated heterocycles. The second-order valence-corrected chi connectivity index (χ2v) is 7.70. The highest BCUT2D eigenvalue weighted by Crippen LogP contribution is 2.55. The highest BCUT2D eigenvalue weighted by atomic mass is 19.4. The van der Waals surface area contributed by atoms with Crippen molar-refractivity contribution in [2.45, 2.75) is 44.3 Å². The number of rotatable bonds is 6. The lowest BCUT2D eigenvalue weighted by molar-refractivity contribution is -0.273. The molecule has 1 heterocycles. The third-order valence-corrected chi connectivity index (χ3v) is 5.87. The number of hydrogen-bond donors (Lipinski definition) is 1. The van der Waals surface area contributed by atoms with Gasteiger partial charge in [0.15, 0.2) is 23.2 Å². The molecule has 174 valence electrons. The maximum absolute atomic E-state index is 14.8. The Labute approximate surface area is 180 Å². The zero-order valence-electron chi connectivity index (χ0n) is 17.4. The Bertz CT molecular complexity index is 994. The van der Waals surface area contributed by atoms with Crippen LogP contribution in [0.4, 0.5) is 22.0 Å². The third-order valence-electron chi connectivity index (χ3n) is 5.87. The van der Waals surface area contributed by atoms with Crippen LogP contribution in [0, 0.1) is 17.6 Å². The molecule has 10 heteroatoms. The molecular formula is C22H21F5O5. The molecule has 0 unspecified atom stereocenters. The lowest BCUT2D eigenvalue weighted by Gasteiger charge is -2.32. The Morgan fingerprint density at radius 1 is 1.19 bits per heavy atom. The first-order chi connectivity index (χ1) is 14.9. The molecule has 0 spiro atoms. The van der Waals surface area contributed by atoms with Gasteiger partial charge in [0.05, 0.1) is 7.11 Å². The van der Waals surface area contributed by atoms with Gasteiger partial charge in [-0.15, -0.1) is 0 Å². The van der Waals surface area contributed by atoms with E-state index in [1.807, 2.05) is 0 Å². The first-order valence-corrected chi connectivity index (χ1v) is 9.62. The number of aliphatic carboxylic acids is 1. The third kappa shape index (κ3) is 3.99. The monoisotopic (exact) mass is 460 g/mol. The van der Waals surface area contributed by atoms with Gasteiger partial charge >= 0.3 is 12.1 Å². The minimum atomic E-state index is -4.91. The van der Waals surface area contributed by atoms with E-state index < -0.39 is 58.8 Å². The lowest BCUT2D eigenvalue weighted by atomic mass is 9.77. The van der Waals surface area contributed by atoms with Crippen LogP contribution in [0.15, 0.2) is 36.4 Å². The van der Waals surface area contributed by atoms with E-state index in [-0.39, 0.29) is 12.2 Å². The van der Waals surface area contributed by atoms with Crippen LogP contribution in [-0.2, 0) is 16.1 Å². The van der Waals surface area contributed by atoms with Crippen molar-refractivity contribution in [2.75, 3.05) is 7.11 Å². The molecule has 1 aliphatic heterocycles. The van der Waals surface area contributed by atoms with Crippen LogP contribution in [0.25, 0.3) is 0 Å². The fraction of sp³-hybridized carbons (Fsp3) is 0.409. The van der Waals surface area contributed by atoms with E-state index in [0.29, 0.717) is 5.56 Å². The van der Waals surface area contributed by atoms with Crippen LogP contribution in [-0.4, -0.2) is 36.1 Å². The van der Waals surface area contributed by atoms with E-state index in [1.54, 1.807) is 30.3 Å². The summed E-state index contributed by atoms with van der Waals surface area (Å²) in [6.45, 7) is 1.72. The Hall–Kier alpha value is -2.88. The quantitative estimate of drug-likeness (QED) is 0.610. The number of methoxy groups -OCH3 is 1. The highest BCUT2D eigenvalue weighted by Gasteiger charge is 2.66. The van der Waals surface area contributed by atoms with Crippen LogP contribution in [0.1, 0.15) is 30.9 Å². The van der Waals surface area contributed by atoms with Gasteiger partial charge in [-0.3, -0.25) is 0 Å². The van der Waals surface area contributed by atoms with Crippen LogP contribution < -0.4 is 9.47 Å². The summed E-state index contributed by atoms with van der Waals surface area (Å²) in [5.74, 6) is -8.82. The summed E-state index contributed by atoms with van der Waals surface area (Å²) in [6.07, 6.45) is -6.88. The summed E-state index contributed by atoms with van der Waals surface area (Å²) in [4.78, 5) is 11.8. The molecule has 1 fully saturated rings. The van der Waals surface area contributed by atoms with E-state index >= 15 is 0 Å². The van der Waals surface area contributed by atoms with Crippen LogP contribution in [0.2, 0.25) is 0 Å². The van der Waals surface area contributed by atoms with Crippen molar-refractivity contribution >= 4 is 5.97 Å². The molecule has 0 aliphatic carbocycles. The average Bonchev–Trinajstić information content (AvgIpc) is 3.02. The Balaban J connectivity index is 2.10. The second-order valence-electron chi connectivity index (χ2n) is 7.70. The molecule has 1 N–H and O–H groups in total. The van der Waals surface area contributed by atoms with E-state index in [0.717, 1.165) is 27.0 Å². The Morgan fingerprint density at radius 2 is 1.81 bits per heavy atom. The zero-order chi connectivity index (χ0) is 23.8. The molecule has 5 nitrogen and oxygen atoms in total. The number of carboxylic acid groups (broad SMARTS) is 1. The highest BCUT2D eigenvalue weighted by molar-refractivity contribution is 5.75. The maximum atomic E-state index is 14.8. The van der Waals surface area contributed by atoms with Crippen LogP contribution in [0.3, 0.4) is 0 Å². The summed E-state index contributed by atoms with van der Waals surface area (Å²) in [5.41, 5.74) is -2.49. The second kappa shape index (κ2) is 8.57. The molecule has 0 saturated carbocycles. The first-order valence-electron chi connectivity index (χ1n) is 9.62. The summed E-state index contributed by atoms with van der Waals surface area (Å²) < 4.78 is 85.8. The minimum absolute atomic E-state index is 0.150. The molecule has 0 amide bonds.